The van der Waals surface area contributed by atoms with Gasteiger partial charge in [-0.15, -0.1) is 0 Å². The van der Waals surface area contributed by atoms with Gasteiger partial charge in [-0.05, 0) is 67.9 Å². The van der Waals surface area contributed by atoms with Crippen molar-refractivity contribution in [1.29, 1.82) is 0 Å². The van der Waals surface area contributed by atoms with Crippen LogP contribution in [0, 0.1) is 11.8 Å². The van der Waals surface area contributed by atoms with Gasteiger partial charge in [-0.1, -0.05) is 46.1 Å². The van der Waals surface area contributed by atoms with Gasteiger partial charge in [0, 0.05) is 0 Å². The molecule has 0 bridgehead atoms. The first-order valence-electron chi connectivity index (χ1n) is 10.6. The zero-order valence-corrected chi connectivity index (χ0v) is 19.0. The Labute approximate surface area is 176 Å². The highest BCUT2D eigenvalue weighted by Crippen LogP contribution is 2.36. The summed E-state index contributed by atoms with van der Waals surface area (Å²) in [5.74, 6) is 2.48. The van der Waals surface area contributed by atoms with E-state index in [4.69, 9.17) is 14.0 Å². The molecule has 1 aliphatic heterocycles. The largest absolute Gasteiger partial charge is 0.492 e. The van der Waals surface area contributed by atoms with Crippen LogP contribution in [-0.4, -0.2) is 30.9 Å². The fraction of sp³-hybridized carbons (Fsp3) is 0.652. The van der Waals surface area contributed by atoms with E-state index in [9.17, 15) is 8.42 Å². The third kappa shape index (κ3) is 8.79. The molecular formula is C23H36O5S. The maximum Gasteiger partial charge on any atom is 0.268 e. The second kappa shape index (κ2) is 10.5. The van der Waals surface area contributed by atoms with Crippen molar-refractivity contribution in [2.45, 2.75) is 71.8 Å². The summed E-state index contributed by atoms with van der Waals surface area (Å²) in [6.45, 7) is 8.91. The summed E-state index contributed by atoms with van der Waals surface area (Å²) in [6, 6.07) is 5.53. The molecule has 0 fully saturated rings. The molecule has 1 heterocycles. The van der Waals surface area contributed by atoms with Gasteiger partial charge in [-0.2, -0.15) is 8.42 Å². The van der Waals surface area contributed by atoms with Gasteiger partial charge < -0.3 is 9.47 Å². The molecule has 29 heavy (non-hydrogen) atoms. The molecule has 0 aromatic heterocycles. The molecule has 0 aliphatic carbocycles. The lowest BCUT2D eigenvalue weighted by molar-refractivity contribution is 0.114. The lowest BCUT2D eigenvalue weighted by atomic mass is 9.91. The topological polar surface area (TPSA) is 72.8 Å². The summed E-state index contributed by atoms with van der Waals surface area (Å²) < 4.78 is 42.0. The molecule has 0 amide bonds. The highest BCUT2D eigenvalue weighted by Gasteiger charge is 2.29. The van der Waals surface area contributed by atoms with Crippen molar-refractivity contribution in [3.8, 4) is 11.5 Å². The van der Waals surface area contributed by atoms with Gasteiger partial charge in [0.15, 0.2) is 0 Å². The highest BCUT2D eigenvalue weighted by atomic mass is 32.2. The van der Waals surface area contributed by atoms with Crippen LogP contribution in [0.5, 0.6) is 11.5 Å². The minimum Gasteiger partial charge on any atom is -0.492 e. The Hall–Kier alpha value is -1.53. The van der Waals surface area contributed by atoms with Crippen LogP contribution in [0.25, 0.3) is 0 Å². The predicted octanol–water partition coefficient (Wildman–Crippen LogP) is 5.45. The van der Waals surface area contributed by atoms with E-state index in [1.165, 1.54) is 19.3 Å². The molecule has 1 aromatic carbocycles. The third-order valence-corrected chi connectivity index (χ3v) is 6.05. The monoisotopic (exact) mass is 424 g/mol. The van der Waals surface area contributed by atoms with Gasteiger partial charge in [-0.25, -0.2) is 0 Å². The fourth-order valence-electron chi connectivity index (χ4n) is 3.55. The van der Waals surface area contributed by atoms with E-state index in [0.717, 1.165) is 36.5 Å². The number of ether oxygens (including phenoxy) is 2. The molecular weight excluding hydrogens is 388 g/mol. The minimum absolute atomic E-state index is 0.0751. The fourth-order valence-corrected chi connectivity index (χ4v) is 3.84. The zero-order chi connectivity index (χ0) is 21.5. The summed E-state index contributed by atoms with van der Waals surface area (Å²) in [6.07, 6.45) is 11.1. The Bertz CT molecular complexity index is 784. The molecule has 0 radical (unpaired) electrons. The Morgan fingerprint density at radius 3 is 2.72 bits per heavy atom. The van der Waals surface area contributed by atoms with E-state index in [-0.39, 0.29) is 12.2 Å². The van der Waals surface area contributed by atoms with Crippen LogP contribution in [0.15, 0.2) is 30.4 Å². The molecule has 2 unspecified atom stereocenters. The number of fused-ring (bicyclic) bond motifs is 1. The molecule has 0 saturated heterocycles. The van der Waals surface area contributed by atoms with Gasteiger partial charge in [0.25, 0.3) is 10.1 Å². The predicted molar refractivity (Wildman–Crippen MR) is 117 cm³/mol. The first-order valence-corrected chi connectivity index (χ1v) is 12.2. The Balaban J connectivity index is 1.86. The number of allylic oxidation sites excluding steroid dienone is 1. The van der Waals surface area contributed by atoms with E-state index in [1.54, 1.807) is 6.07 Å². The average molecular weight is 425 g/mol. The van der Waals surface area contributed by atoms with Crippen LogP contribution in [0.2, 0.25) is 0 Å². The summed E-state index contributed by atoms with van der Waals surface area (Å²) in [5.41, 5.74) is 0.750. The first kappa shape index (κ1) is 23.7. The second-order valence-electron chi connectivity index (χ2n) is 8.89. The smallest absolute Gasteiger partial charge is 0.268 e. The zero-order valence-electron chi connectivity index (χ0n) is 18.2. The maximum absolute atomic E-state index is 10.8. The van der Waals surface area contributed by atoms with E-state index >= 15 is 0 Å². The molecule has 1 N–H and O–H groups in total. The van der Waals surface area contributed by atoms with Crippen LogP contribution in [0.1, 0.15) is 65.4 Å². The molecule has 5 nitrogen and oxygen atoms in total. The Morgan fingerprint density at radius 1 is 1.28 bits per heavy atom. The van der Waals surface area contributed by atoms with Crippen LogP contribution in [0.3, 0.4) is 0 Å². The molecule has 2 atom stereocenters. The van der Waals surface area contributed by atoms with E-state index < -0.39 is 15.9 Å². The van der Waals surface area contributed by atoms with Crippen molar-refractivity contribution in [3.63, 3.8) is 0 Å². The summed E-state index contributed by atoms with van der Waals surface area (Å²) >= 11 is 0. The number of benzene rings is 1. The molecule has 1 aliphatic rings. The lowest BCUT2D eigenvalue weighted by Crippen LogP contribution is -2.34. The summed E-state index contributed by atoms with van der Waals surface area (Å²) in [7, 11) is -4.01. The number of aryl methyl sites for hydroxylation is 1. The van der Waals surface area contributed by atoms with Crippen molar-refractivity contribution < 1.29 is 22.4 Å². The molecule has 164 valence electrons. The molecule has 1 aromatic rings. The Morgan fingerprint density at radius 2 is 2.03 bits per heavy atom. The third-order valence-electron chi connectivity index (χ3n) is 5.36. The average Bonchev–Trinajstić information content (AvgIpc) is 2.60. The summed E-state index contributed by atoms with van der Waals surface area (Å²) in [4.78, 5) is 0. The van der Waals surface area contributed by atoms with E-state index in [1.807, 2.05) is 12.1 Å². The molecule has 0 spiro atoms. The van der Waals surface area contributed by atoms with Crippen LogP contribution in [-0.2, 0) is 16.5 Å². The Kier molecular flexibility index (Phi) is 8.58. The van der Waals surface area contributed by atoms with Crippen molar-refractivity contribution in [1.82, 2.24) is 0 Å². The van der Waals surface area contributed by atoms with Gasteiger partial charge in [0.2, 0.25) is 0 Å². The summed E-state index contributed by atoms with van der Waals surface area (Å²) in [5, 5.41) is 0. The van der Waals surface area contributed by atoms with Gasteiger partial charge in [0.1, 0.15) is 29.5 Å². The minimum atomic E-state index is -4.01. The van der Waals surface area contributed by atoms with Crippen LogP contribution in [0.4, 0.5) is 0 Å². The molecule has 2 rings (SSSR count). The van der Waals surface area contributed by atoms with Gasteiger partial charge >= 0.3 is 0 Å². The van der Waals surface area contributed by atoms with Crippen molar-refractivity contribution in [2.75, 3.05) is 12.4 Å². The normalized spacial score (nSPS) is 20.5. The van der Waals surface area contributed by atoms with E-state index in [2.05, 4.69) is 39.8 Å². The van der Waals surface area contributed by atoms with Gasteiger partial charge in [0.05, 0.1) is 0 Å². The van der Waals surface area contributed by atoms with E-state index in [0.29, 0.717) is 11.7 Å². The lowest BCUT2D eigenvalue weighted by Gasteiger charge is -2.33. The number of hydrogen-bond acceptors (Lipinski definition) is 4. The van der Waals surface area contributed by atoms with Crippen LogP contribution >= 0.6 is 0 Å². The van der Waals surface area contributed by atoms with Crippen molar-refractivity contribution in [2.24, 2.45) is 11.8 Å². The number of hydrogen-bond donors (Lipinski definition) is 1. The van der Waals surface area contributed by atoms with Gasteiger partial charge in [-0.3, -0.25) is 4.55 Å². The molecule has 6 heteroatoms. The number of rotatable bonds is 11. The van der Waals surface area contributed by atoms with Crippen molar-refractivity contribution >= 4 is 10.1 Å². The second-order valence-corrected chi connectivity index (χ2v) is 10.5. The standard InChI is InChI=1S/C23H36O5S/c1-18(2)7-5-8-19(3)9-6-13-23(4)14-12-20-17-21(10-11-22(20)28-23)27-15-16-29(24,25)26/h6,10-11,13,17-19H,5,7-9,12,14-16H2,1-4H3,(H,24,25,26)/b13-6+. The quantitative estimate of drug-likeness (QED) is 0.378. The van der Waals surface area contributed by atoms with Crippen molar-refractivity contribution in [3.05, 3.63) is 35.9 Å². The first-order chi connectivity index (χ1) is 13.6. The van der Waals surface area contributed by atoms with Crippen LogP contribution < -0.4 is 9.47 Å². The maximum atomic E-state index is 10.8. The highest BCUT2D eigenvalue weighted by molar-refractivity contribution is 7.85. The molecule has 0 saturated carbocycles. The SMILES string of the molecule is CC(C)CCCC(C)C/C=C/C1(C)CCc2cc(OCCS(=O)(=O)O)ccc2O1.